The van der Waals surface area contributed by atoms with Crippen molar-refractivity contribution in [3.05, 3.63) is 34.0 Å². The van der Waals surface area contributed by atoms with E-state index in [4.69, 9.17) is 0 Å². The van der Waals surface area contributed by atoms with Crippen LogP contribution in [-0.2, 0) is 13.6 Å². The van der Waals surface area contributed by atoms with Crippen molar-refractivity contribution >= 4 is 41.3 Å². The van der Waals surface area contributed by atoms with Crippen molar-refractivity contribution in [2.75, 3.05) is 26.7 Å². The van der Waals surface area contributed by atoms with Gasteiger partial charge in [-0.05, 0) is 50.2 Å². The predicted molar refractivity (Wildman–Crippen MR) is 126 cm³/mol. The zero-order chi connectivity index (χ0) is 19.2. The third-order valence-corrected chi connectivity index (χ3v) is 6.39. The van der Waals surface area contributed by atoms with Gasteiger partial charge in [0.05, 0.1) is 12.6 Å². The molecule has 1 aliphatic rings. The van der Waals surface area contributed by atoms with E-state index in [9.17, 15) is 0 Å². The lowest BCUT2D eigenvalue weighted by Crippen LogP contribution is -2.44. The normalized spacial score (nSPS) is 17.2. The maximum Gasteiger partial charge on any atom is 0.191 e. The molecule has 1 aliphatic heterocycles. The second-order valence-electron chi connectivity index (χ2n) is 7.28. The minimum absolute atomic E-state index is 0. The zero-order valence-electron chi connectivity index (χ0n) is 17.2. The summed E-state index contributed by atoms with van der Waals surface area (Å²) in [5, 5.41) is 17.3. The molecule has 0 radical (unpaired) electrons. The summed E-state index contributed by atoms with van der Waals surface area (Å²) < 4.78 is 1.99. The SMILES string of the molecule is CN=C(NCc1nnc(C)n1C)NCC(c1cccs1)N1CCC(C)CC1.I. The number of guanidine groups is 1. The summed E-state index contributed by atoms with van der Waals surface area (Å²) in [4.78, 5) is 8.39. The van der Waals surface area contributed by atoms with Gasteiger partial charge in [-0.3, -0.25) is 9.89 Å². The molecule has 7 nitrogen and oxygen atoms in total. The van der Waals surface area contributed by atoms with E-state index in [-0.39, 0.29) is 24.0 Å². The van der Waals surface area contributed by atoms with Gasteiger partial charge >= 0.3 is 0 Å². The van der Waals surface area contributed by atoms with Crippen molar-refractivity contribution in [3.8, 4) is 0 Å². The van der Waals surface area contributed by atoms with Gasteiger partial charge in [0, 0.05) is 25.5 Å². The summed E-state index contributed by atoms with van der Waals surface area (Å²) in [6, 6.07) is 4.77. The average molecular weight is 517 g/mol. The smallest absolute Gasteiger partial charge is 0.191 e. The van der Waals surface area contributed by atoms with Crippen LogP contribution in [0.1, 0.15) is 42.3 Å². The molecule has 2 aromatic rings. The Labute approximate surface area is 189 Å². The van der Waals surface area contributed by atoms with Crippen LogP contribution in [-0.4, -0.2) is 52.3 Å². The van der Waals surface area contributed by atoms with Crippen molar-refractivity contribution < 1.29 is 0 Å². The zero-order valence-corrected chi connectivity index (χ0v) is 20.3. The Morgan fingerprint density at radius 3 is 2.64 bits per heavy atom. The largest absolute Gasteiger partial charge is 0.354 e. The Morgan fingerprint density at radius 2 is 2.07 bits per heavy atom. The summed E-state index contributed by atoms with van der Waals surface area (Å²) in [5.41, 5.74) is 0. The number of hydrogen-bond donors (Lipinski definition) is 2. The highest BCUT2D eigenvalue weighted by molar-refractivity contribution is 14.0. The standard InChI is InChI=1S/C19H31N7S.HI/c1-14-7-9-26(10-8-14)16(17-6-5-11-27-17)12-21-19(20-3)22-13-18-24-23-15(2)25(18)4;/h5-6,11,14,16H,7-10,12-13H2,1-4H3,(H2,20,21,22);1H. The minimum Gasteiger partial charge on any atom is -0.354 e. The second-order valence-corrected chi connectivity index (χ2v) is 8.26. The van der Waals surface area contributed by atoms with E-state index in [0.717, 1.165) is 43.2 Å². The van der Waals surface area contributed by atoms with E-state index < -0.39 is 0 Å². The average Bonchev–Trinajstić information content (AvgIpc) is 3.31. The van der Waals surface area contributed by atoms with Gasteiger partial charge in [0.25, 0.3) is 0 Å². The highest BCUT2D eigenvalue weighted by Crippen LogP contribution is 2.29. The van der Waals surface area contributed by atoms with E-state index in [1.807, 2.05) is 29.9 Å². The molecule has 1 unspecified atom stereocenters. The molecule has 1 atom stereocenters. The van der Waals surface area contributed by atoms with Crippen LogP contribution in [0, 0.1) is 12.8 Å². The van der Waals surface area contributed by atoms with E-state index in [1.54, 1.807) is 7.05 Å². The summed E-state index contributed by atoms with van der Waals surface area (Å²) in [5.74, 6) is 3.44. The molecular formula is C19H32IN7S. The van der Waals surface area contributed by atoms with Crippen LogP contribution >= 0.6 is 35.3 Å². The van der Waals surface area contributed by atoms with Crippen molar-refractivity contribution in [2.24, 2.45) is 18.0 Å². The number of thiophene rings is 1. The van der Waals surface area contributed by atoms with Crippen LogP contribution < -0.4 is 10.6 Å². The Hall–Kier alpha value is -1.20. The van der Waals surface area contributed by atoms with Gasteiger partial charge in [-0.2, -0.15) is 0 Å². The van der Waals surface area contributed by atoms with E-state index >= 15 is 0 Å². The number of hydrogen-bond acceptors (Lipinski definition) is 5. The fraction of sp³-hybridized carbons (Fsp3) is 0.632. The first-order chi connectivity index (χ1) is 13.1. The molecule has 0 aliphatic carbocycles. The van der Waals surface area contributed by atoms with E-state index in [2.05, 4.69) is 55.2 Å². The molecule has 1 fully saturated rings. The Kier molecular flexibility index (Phi) is 9.16. The van der Waals surface area contributed by atoms with Gasteiger partial charge in [-0.25, -0.2) is 0 Å². The monoisotopic (exact) mass is 517 g/mol. The van der Waals surface area contributed by atoms with Crippen LogP contribution in [0.15, 0.2) is 22.5 Å². The van der Waals surface area contributed by atoms with E-state index in [0.29, 0.717) is 12.6 Å². The van der Waals surface area contributed by atoms with Crippen molar-refractivity contribution in [1.82, 2.24) is 30.3 Å². The highest BCUT2D eigenvalue weighted by atomic mass is 127. The van der Waals surface area contributed by atoms with Crippen molar-refractivity contribution in [1.29, 1.82) is 0 Å². The number of likely N-dealkylation sites (tertiary alicyclic amines) is 1. The van der Waals surface area contributed by atoms with Crippen molar-refractivity contribution in [2.45, 2.75) is 39.3 Å². The first-order valence-electron chi connectivity index (χ1n) is 9.65. The maximum absolute atomic E-state index is 4.37. The Balaban J connectivity index is 0.00000280. The number of aromatic nitrogens is 3. The lowest BCUT2D eigenvalue weighted by Gasteiger charge is -2.36. The molecule has 3 heterocycles. The quantitative estimate of drug-likeness (QED) is 0.351. The van der Waals surface area contributed by atoms with Gasteiger partial charge < -0.3 is 15.2 Å². The minimum atomic E-state index is 0. The van der Waals surface area contributed by atoms with Crippen LogP contribution in [0.4, 0.5) is 0 Å². The highest BCUT2D eigenvalue weighted by Gasteiger charge is 2.25. The van der Waals surface area contributed by atoms with Crippen LogP contribution in [0.25, 0.3) is 0 Å². The predicted octanol–water partition coefficient (Wildman–Crippen LogP) is 2.94. The fourth-order valence-electron chi connectivity index (χ4n) is 3.41. The molecular weight excluding hydrogens is 485 g/mol. The molecule has 0 bridgehead atoms. The Bertz CT molecular complexity index is 736. The first kappa shape index (κ1) is 23.1. The number of aryl methyl sites for hydroxylation is 1. The van der Waals surface area contributed by atoms with Crippen molar-refractivity contribution in [3.63, 3.8) is 0 Å². The lowest BCUT2D eigenvalue weighted by atomic mass is 9.97. The summed E-state index contributed by atoms with van der Waals surface area (Å²) >= 11 is 1.84. The number of aliphatic imine (C=N–C) groups is 1. The molecule has 28 heavy (non-hydrogen) atoms. The second kappa shape index (κ2) is 11.1. The molecule has 0 saturated carbocycles. The summed E-state index contributed by atoms with van der Waals surface area (Å²) in [6.07, 6.45) is 2.56. The molecule has 0 amide bonds. The van der Waals surface area contributed by atoms with Gasteiger partial charge in [0.2, 0.25) is 0 Å². The molecule has 2 N–H and O–H groups in total. The third-order valence-electron chi connectivity index (χ3n) is 5.41. The van der Waals surface area contributed by atoms with E-state index in [1.165, 1.54) is 17.7 Å². The molecule has 0 spiro atoms. The van der Waals surface area contributed by atoms with Crippen LogP contribution in [0.2, 0.25) is 0 Å². The number of rotatable bonds is 6. The number of nitrogens with one attached hydrogen (secondary N) is 2. The molecule has 2 aromatic heterocycles. The summed E-state index contributed by atoms with van der Waals surface area (Å²) in [7, 11) is 3.78. The Morgan fingerprint density at radius 1 is 1.32 bits per heavy atom. The molecule has 3 rings (SSSR count). The van der Waals surface area contributed by atoms with Crippen LogP contribution in [0.5, 0.6) is 0 Å². The van der Waals surface area contributed by atoms with Gasteiger partial charge in [-0.15, -0.1) is 45.5 Å². The topological polar surface area (TPSA) is 70.4 Å². The van der Waals surface area contributed by atoms with Gasteiger partial charge in [-0.1, -0.05) is 13.0 Å². The molecule has 0 aromatic carbocycles. The lowest BCUT2D eigenvalue weighted by molar-refractivity contribution is 0.140. The maximum atomic E-state index is 4.37. The third kappa shape index (κ3) is 5.90. The van der Waals surface area contributed by atoms with Gasteiger partial charge in [0.1, 0.15) is 5.82 Å². The fourth-order valence-corrected chi connectivity index (χ4v) is 4.27. The number of piperidine rings is 1. The number of nitrogens with zero attached hydrogens (tertiary/aromatic N) is 5. The molecule has 9 heteroatoms. The summed E-state index contributed by atoms with van der Waals surface area (Å²) in [6.45, 7) is 8.07. The number of halogens is 1. The van der Waals surface area contributed by atoms with Gasteiger partial charge in [0.15, 0.2) is 11.8 Å². The first-order valence-corrected chi connectivity index (χ1v) is 10.5. The molecule has 1 saturated heterocycles. The van der Waals surface area contributed by atoms with Crippen LogP contribution in [0.3, 0.4) is 0 Å². The molecule has 156 valence electrons.